The zero-order chi connectivity index (χ0) is 23.4. The van der Waals surface area contributed by atoms with Gasteiger partial charge in [-0.2, -0.15) is 0 Å². The van der Waals surface area contributed by atoms with Gasteiger partial charge in [0.05, 0.1) is 18.5 Å². The number of sulfonamides is 1. The van der Waals surface area contributed by atoms with Crippen molar-refractivity contribution in [3.05, 3.63) is 58.6 Å². The number of rotatable bonds is 8. The van der Waals surface area contributed by atoms with E-state index in [4.69, 9.17) is 16.3 Å². The lowest BCUT2D eigenvalue weighted by atomic mass is 9.86. The number of halogens is 1. The van der Waals surface area contributed by atoms with Gasteiger partial charge < -0.3 is 10.1 Å². The number of anilines is 1. The van der Waals surface area contributed by atoms with Crippen LogP contribution in [-0.2, 0) is 20.2 Å². The topological polar surface area (TPSA) is 75.7 Å². The minimum absolute atomic E-state index is 0.0703. The van der Waals surface area contributed by atoms with Gasteiger partial charge in [0, 0.05) is 5.02 Å². The summed E-state index contributed by atoms with van der Waals surface area (Å²) in [4.78, 5) is 12.7. The molecule has 0 saturated heterocycles. The Balaban J connectivity index is 2.07. The molecule has 2 aromatic rings. The van der Waals surface area contributed by atoms with Crippen molar-refractivity contribution in [1.82, 2.24) is 5.32 Å². The Kier molecular flexibility index (Phi) is 8.00. The van der Waals surface area contributed by atoms with E-state index in [1.807, 2.05) is 24.3 Å². The molecule has 1 atom stereocenters. The van der Waals surface area contributed by atoms with Gasteiger partial charge in [0.25, 0.3) is 0 Å². The highest BCUT2D eigenvalue weighted by atomic mass is 35.5. The summed E-state index contributed by atoms with van der Waals surface area (Å²) >= 11 is 6.06. The summed E-state index contributed by atoms with van der Waals surface area (Å²) in [7, 11) is -3.71. The molecule has 1 unspecified atom stereocenters. The van der Waals surface area contributed by atoms with Crippen LogP contribution in [0.5, 0.6) is 5.75 Å². The first-order valence-electron chi connectivity index (χ1n) is 10.1. The highest BCUT2D eigenvalue weighted by Crippen LogP contribution is 2.31. The predicted octanol–water partition coefficient (Wildman–Crippen LogP) is 4.30. The Bertz CT molecular complexity index is 1030. The SMILES string of the molecule is Cc1ccc(Cl)cc1N(C(C)C(=O)NCCOc1ccccc1C(C)(C)C)S(C)(=O)=O. The van der Waals surface area contributed by atoms with Gasteiger partial charge in [0.2, 0.25) is 15.9 Å². The number of amides is 1. The average Bonchev–Trinajstić information content (AvgIpc) is 2.66. The third kappa shape index (κ3) is 6.61. The van der Waals surface area contributed by atoms with Crippen molar-refractivity contribution in [3.63, 3.8) is 0 Å². The van der Waals surface area contributed by atoms with Crippen LogP contribution in [0.25, 0.3) is 0 Å². The highest BCUT2D eigenvalue weighted by Gasteiger charge is 2.30. The number of nitrogens with zero attached hydrogens (tertiary/aromatic N) is 1. The lowest BCUT2D eigenvalue weighted by molar-refractivity contribution is -0.121. The molecule has 0 fully saturated rings. The molecule has 8 heteroatoms. The van der Waals surface area contributed by atoms with E-state index in [9.17, 15) is 13.2 Å². The molecule has 0 bridgehead atoms. The second-order valence-corrected chi connectivity index (χ2v) is 10.8. The molecule has 0 aliphatic rings. The quantitative estimate of drug-likeness (QED) is 0.588. The number of hydrogen-bond donors (Lipinski definition) is 1. The molecule has 2 rings (SSSR count). The molecule has 0 aliphatic carbocycles. The van der Waals surface area contributed by atoms with Crippen LogP contribution in [0.4, 0.5) is 5.69 Å². The van der Waals surface area contributed by atoms with Crippen LogP contribution in [-0.4, -0.2) is 39.8 Å². The lowest BCUT2D eigenvalue weighted by Crippen LogP contribution is -2.48. The van der Waals surface area contributed by atoms with Crippen molar-refractivity contribution < 1.29 is 17.9 Å². The van der Waals surface area contributed by atoms with Crippen molar-refractivity contribution >= 4 is 33.2 Å². The minimum Gasteiger partial charge on any atom is -0.491 e. The second-order valence-electron chi connectivity index (χ2n) is 8.55. The van der Waals surface area contributed by atoms with Gasteiger partial charge in [0.15, 0.2) is 0 Å². The summed E-state index contributed by atoms with van der Waals surface area (Å²) in [5, 5.41) is 3.16. The van der Waals surface area contributed by atoms with E-state index in [0.29, 0.717) is 16.3 Å². The second kappa shape index (κ2) is 9.92. The number of hydrogen-bond acceptors (Lipinski definition) is 4. The van der Waals surface area contributed by atoms with E-state index >= 15 is 0 Å². The van der Waals surface area contributed by atoms with Crippen LogP contribution in [0, 0.1) is 6.92 Å². The van der Waals surface area contributed by atoms with Gasteiger partial charge in [-0.15, -0.1) is 0 Å². The lowest BCUT2D eigenvalue weighted by Gasteiger charge is -2.29. The van der Waals surface area contributed by atoms with Gasteiger partial charge in [-0.25, -0.2) is 8.42 Å². The molecule has 6 nitrogen and oxygen atoms in total. The number of carbonyl (C=O) groups is 1. The first-order chi connectivity index (χ1) is 14.3. The van der Waals surface area contributed by atoms with Crippen LogP contribution in [0.2, 0.25) is 5.02 Å². The molecular formula is C23H31ClN2O4S. The number of para-hydroxylation sites is 1. The van der Waals surface area contributed by atoms with Gasteiger partial charge in [-0.3, -0.25) is 9.10 Å². The zero-order valence-corrected chi connectivity index (χ0v) is 20.5. The summed E-state index contributed by atoms with van der Waals surface area (Å²) in [6.07, 6.45) is 1.07. The number of ether oxygens (including phenoxy) is 1. The third-order valence-electron chi connectivity index (χ3n) is 4.85. The van der Waals surface area contributed by atoms with E-state index in [0.717, 1.165) is 21.9 Å². The molecule has 0 saturated carbocycles. The highest BCUT2D eigenvalue weighted by molar-refractivity contribution is 7.92. The van der Waals surface area contributed by atoms with Crippen molar-refractivity contribution in [2.45, 2.75) is 46.1 Å². The Morgan fingerprint density at radius 3 is 2.45 bits per heavy atom. The van der Waals surface area contributed by atoms with E-state index < -0.39 is 22.0 Å². The molecule has 170 valence electrons. The van der Waals surface area contributed by atoms with Gasteiger partial charge in [-0.05, 0) is 48.6 Å². The summed E-state index contributed by atoms with van der Waals surface area (Å²) < 4.78 is 31.9. The van der Waals surface area contributed by atoms with E-state index in [1.54, 1.807) is 32.0 Å². The number of carbonyl (C=O) groups excluding carboxylic acids is 1. The maximum Gasteiger partial charge on any atom is 0.243 e. The van der Waals surface area contributed by atoms with Crippen LogP contribution in [0.1, 0.15) is 38.8 Å². The standard InChI is InChI=1S/C23H31ClN2O4S/c1-16-11-12-18(24)15-20(16)26(31(6,28)29)17(2)22(27)25-13-14-30-21-10-8-7-9-19(21)23(3,4)5/h7-12,15,17H,13-14H2,1-6H3,(H,25,27). The minimum atomic E-state index is -3.71. The first-order valence-corrected chi connectivity index (χ1v) is 12.3. The fourth-order valence-corrected chi connectivity index (χ4v) is 4.69. The molecule has 1 amide bonds. The predicted molar refractivity (Wildman–Crippen MR) is 127 cm³/mol. The monoisotopic (exact) mass is 466 g/mol. The molecule has 0 spiro atoms. The molecule has 2 aromatic carbocycles. The summed E-state index contributed by atoms with van der Waals surface area (Å²) in [6, 6.07) is 11.8. The Hall–Kier alpha value is -2.25. The van der Waals surface area contributed by atoms with Crippen LogP contribution >= 0.6 is 11.6 Å². The van der Waals surface area contributed by atoms with Crippen molar-refractivity contribution in [1.29, 1.82) is 0 Å². The molecule has 0 radical (unpaired) electrons. The van der Waals surface area contributed by atoms with Crippen LogP contribution in [0.15, 0.2) is 42.5 Å². The maximum atomic E-state index is 12.7. The fraction of sp³-hybridized carbons (Fsp3) is 0.435. The normalized spacial score (nSPS) is 12.9. The van der Waals surface area contributed by atoms with Crippen molar-refractivity contribution in [3.8, 4) is 5.75 Å². The van der Waals surface area contributed by atoms with Crippen molar-refractivity contribution in [2.24, 2.45) is 0 Å². The van der Waals surface area contributed by atoms with Crippen molar-refractivity contribution in [2.75, 3.05) is 23.7 Å². The zero-order valence-electron chi connectivity index (χ0n) is 18.9. The largest absolute Gasteiger partial charge is 0.491 e. The maximum absolute atomic E-state index is 12.7. The first kappa shape index (κ1) is 25.0. The third-order valence-corrected chi connectivity index (χ3v) is 6.31. The molecular weight excluding hydrogens is 436 g/mol. The Morgan fingerprint density at radius 1 is 1.19 bits per heavy atom. The fourth-order valence-electron chi connectivity index (χ4n) is 3.30. The van der Waals surface area contributed by atoms with Crippen LogP contribution in [0.3, 0.4) is 0 Å². The molecule has 1 N–H and O–H groups in total. The van der Waals surface area contributed by atoms with E-state index in [1.165, 1.54) is 0 Å². The summed E-state index contributed by atoms with van der Waals surface area (Å²) in [5.74, 6) is 0.349. The Morgan fingerprint density at radius 2 is 1.84 bits per heavy atom. The Labute approximate surface area is 190 Å². The number of nitrogens with one attached hydrogen (secondary N) is 1. The summed E-state index contributed by atoms with van der Waals surface area (Å²) in [6.45, 7) is 10.2. The average molecular weight is 467 g/mol. The number of benzene rings is 2. The summed E-state index contributed by atoms with van der Waals surface area (Å²) in [5.41, 5.74) is 2.10. The smallest absolute Gasteiger partial charge is 0.243 e. The van der Waals surface area contributed by atoms with E-state index in [-0.39, 0.29) is 18.6 Å². The molecule has 0 aromatic heterocycles. The van der Waals surface area contributed by atoms with Crippen LogP contribution < -0.4 is 14.4 Å². The molecule has 0 aliphatic heterocycles. The molecule has 31 heavy (non-hydrogen) atoms. The van der Waals surface area contributed by atoms with E-state index in [2.05, 4.69) is 26.1 Å². The molecule has 0 heterocycles. The van der Waals surface area contributed by atoms with Gasteiger partial charge >= 0.3 is 0 Å². The van der Waals surface area contributed by atoms with Gasteiger partial charge in [-0.1, -0.05) is 56.6 Å². The number of aryl methyl sites for hydroxylation is 1. The van der Waals surface area contributed by atoms with Gasteiger partial charge in [0.1, 0.15) is 18.4 Å².